The molecule has 1 aliphatic rings. The van der Waals surface area contributed by atoms with Crippen molar-refractivity contribution in [2.45, 2.75) is 6.54 Å². The Balaban J connectivity index is 1.79. The van der Waals surface area contributed by atoms with Crippen LogP contribution in [0.15, 0.2) is 36.4 Å². The third-order valence-electron chi connectivity index (χ3n) is 3.54. The zero-order chi connectivity index (χ0) is 14.4. The highest BCUT2D eigenvalue weighted by Crippen LogP contribution is 2.33. The molecule has 0 spiro atoms. The van der Waals surface area contributed by atoms with E-state index in [1.165, 1.54) is 6.07 Å². The van der Waals surface area contributed by atoms with Gasteiger partial charge in [-0.15, -0.1) is 0 Å². The average Bonchev–Trinajstić information content (AvgIpc) is 3.05. The number of fused-ring (bicyclic) bond motifs is 2. The Hall–Kier alpha value is -2.34. The molecule has 1 aromatic heterocycles. The van der Waals surface area contributed by atoms with E-state index in [9.17, 15) is 4.39 Å². The van der Waals surface area contributed by atoms with E-state index in [0.717, 1.165) is 22.6 Å². The van der Waals surface area contributed by atoms with Gasteiger partial charge in [-0.3, -0.25) is 0 Å². The number of nitrogens with one attached hydrogen (secondary N) is 1. The van der Waals surface area contributed by atoms with Crippen LogP contribution in [0.25, 0.3) is 11.0 Å². The van der Waals surface area contributed by atoms with Gasteiger partial charge in [-0.2, -0.15) is 0 Å². The van der Waals surface area contributed by atoms with Gasteiger partial charge >= 0.3 is 0 Å². The summed E-state index contributed by atoms with van der Waals surface area (Å²) in [5.74, 6) is 1.17. The lowest BCUT2D eigenvalue weighted by molar-refractivity contribution is 0.174. The van der Waals surface area contributed by atoms with Crippen LogP contribution < -0.4 is 9.47 Å². The molecule has 0 unspecified atom stereocenters. The molecule has 106 valence electrons. The monoisotopic (exact) mass is 302 g/mol. The third kappa shape index (κ3) is 1.99. The number of nitrogens with zero attached hydrogens (tertiary/aromatic N) is 1. The van der Waals surface area contributed by atoms with Crippen LogP contribution in [0.4, 0.5) is 4.39 Å². The smallest absolute Gasteiger partial charge is 0.231 e. The quantitative estimate of drug-likeness (QED) is 0.735. The van der Waals surface area contributed by atoms with Gasteiger partial charge in [-0.1, -0.05) is 12.1 Å². The second-order valence-electron chi connectivity index (χ2n) is 4.84. The molecule has 0 bridgehead atoms. The number of aromatic nitrogens is 2. The Kier molecular flexibility index (Phi) is 2.71. The first-order valence-corrected chi connectivity index (χ1v) is 6.89. The minimum atomic E-state index is -0.303. The van der Waals surface area contributed by atoms with Gasteiger partial charge < -0.3 is 19.0 Å². The molecule has 0 fully saturated rings. The average molecular weight is 302 g/mol. The van der Waals surface area contributed by atoms with Gasteiger partial charge in [0, 0.05) is 0 Å². The van der Waals surface area contributed by atoms with Crippen molar-refractivity contribution in [2.75, 3.05) is 6.79 Å². The summed E-state index contributed by atoms with van der Waals surface area (Å²) in [6, 6.07) is 10.7. The van der Waals surface area contributed by atoms with Crippen molar-refractivity contribution in [2.24, 2.45) is 0 Å². The van der Waals surface area contributed by atoms with Crippen molar-refractivity contribution in [3.8, 4) is 11.5 Å². The van der Waals surface area contributed by atoms with Crippen molar-refractivity contribution in [1.29, 1.82) is 0 Å². The van der Waals surface area contributed by atoms with Crippen molar-refractivity contribution in [3.63, 3.8) is 0 Å². The molecular formula is C15H11FN2O2S. The SMILES string of the molecule is Fc1cccc2c1[nH]c(=S)n2Cc1ccc2c(c1)OCO2. The van der Waals surface area contributed by atoms with Gasteiger partial charge in [0.15, 0.2) is 16.3 Å². The summed E-state index contributed by atoms with van der Waals surface area (Å²) >= 11 is 5.30. The molecule has 3 aromatic rings. The number of halogens is 1. The molecule has 4 rings (SSSR count). The summed E-state index contributed by atoms with van der Waals surface area (Å²) in [7, 11) is 0. The van der Waals surface area contributed by atoms with Crippen LogP contribution in [0.2, 0.25) is 0 Å². The fraction of sp³-hybridized carbons (Fsp3) is 0.133. The first-order valence-electron chi connectivity index (χ1n) is 6.48. The van der Waals surface area contributed by atoms with E-state index in [0.29, 0.717) is 16.8 Å². The Morgan fingerprint density at radius 3 is 2.95 bits per heavy atom. The highest BCUT2D eigenvalue weighted by molar-refractivity contribution is 7.71. The zero-order valence-corrected chi connectivity index (χ0v) is 11.7. The summed E-state index contributed by atoms with van der Waals surface area (Å²) in [6.07, 6.45) is 0. The maximum atomic E-state index is 13.8. The molecule has 2 heterocycles. The summed E-state index contributed by atoms with van der Waals surface area (Å²) < 4.78 is 26.8. The van der Waals surface area contributed by atoms with Crippen molar-refractivity contribution in [1.82, 2.24) is 9.55 Å². The molecule has 0 saturated carbocycles. The number of hydrogen-bond donors (Lipinski definition) is 1. The van der Waals surface area contributed by atoms with Gasteiger partial charge in [0.1, 0.15) is 11.3 Å². The fourth-order valence-corrected chi connectivity index (χ4v) is 2.79. The maximum absolute atomic E-state index is 13.8. The summed E-state index contributed by atoms with van der Waals surface area (Å²) in [6.45, 7) is 0.787. The van der Waals surface area contributed by atoms with Crippen LogP contribution in [0.1, 0.15) is 5.56 Å². The Morgan fingerprint density at radius 2 is 2.05 bits per heavy atom. The van der Waals surface area contributed by atoms with Gasteiger partial charge in [0.25, 0.3) is 0 Å². The normalized spacial score (nSPS) is 13.0. The number of H-pyrrole nitrogens is 1. The molecule has 21 heavy (non-hydrogen) atoms. The van der Waals surface area contributed by atoms with Crippen molar-refractivity contribution in [3.05, 3.63) is 52.5 Å². The van der Waals surface area contributed by atoms with Crippen LogP contribution in [-0.2, 0) is 6.54 Å². The molecule has 0 radical (unpaired) electrons. The summed E-state index contributed by atoms with van der Waals surface area (Å²) in [4.78, 5) is 2.91. The second kappa shape index (κ2) is 4.60. The number of ether oxygens (including phenoxy) is 2. The Morgan fingerprint density at radius 1 is 1.19 bits per heavy atom. The van der Waals surface area contributed by atoms with Crippen LogP contribution in [0.5, 0.6) is 11.5 Å². The van der Waals surface area contributed by atoms with E-state index in [1.807, 2.05) is 28.8 Å². The third-order valence-corrected chi connectivity index (χ3v) is 3.86. The number of imidazole rings is 1. The minimum absolute atomic E-state index is 0.247. The van der Waals surface area contributed by atoms with Crippen LogP contribution >= 0.6 is 12.2 Å². The lowest BCUT2D eigenvalue weighted by atomic mass is 10.2. The Bertz CT molecular complexity index is 900. The fourth-order valence-electron chi connectivity index (χ4n) is 2.52. The number of rotatable bonds is 2. The first kappa shape index (κ1) is 12.4. The molecular weight excluding hydrogens is 291 g/mol. The van der Waals surface area contributed by atoms with E-state index in [4.69, 9.17) is 21.7 Å². The molecule has 0 amide bonds. The van der Waals surface area contributed by atoms with Crippen LogP contribution in [-0.4, -0.2) is 16.3 Å². The number of aromatic amines is 1. The largest absolute Gasteiger partial charge is 0.454 e. The summed E-state index contributed by atoms with van der Waals surface area (Å²) in [5, 5.41) is 0. The minimum Gasteiger partial charge on any atom is -0.454 e. The van der Waals surface area contributed by atoms with E-state index in [2.05, 4.69) is 4.98 Å². The number of hydrogen-bond acceptors (Lipinski definition) is 3. The molecule has 6 heteroatoms. The predicted molar refractivity (Wildman–Crippen MR) is 78.7 cm³/mol. The summed E-state index contributed by atoms with van der Waals surface area (Å²) in [5.41, 5.74) is 2.20. The first-order chi connectivity index (χ1) is 10.2. The van der Waals surface area contributed by atoms with Crippen LogP contribution in [0.3, 0.4) is 0 Å². The molecule has 0 atom stereocenters. The topological polar surface area (TPSA) is 39.2 Å². The lowest BCUT2D eigenvalue weighted by Gasteiger charge is -2.06. The zero-order valence-electron chi connectivity index (χ0n) is 10.9. The number of benzene rings is 2. The maximum Gasteiger partial charge on any atom is 0.231 e. The Labute approximate surface area is 124 Å². The highest BCUT2D eigenvalue weighted by Gasteiger charge is 2.14. The van der Waals surface area contributed by atoms with E-state index < -0.39 is 0 Å². The van der Waals surface area contributed by atoms with E-state index in [1.54, 1.807) is 6.07 Å². The molecule has 0 aliphatic carbocycles. The standard InChI is InChI=1S/C15H11FN2O2S/c16-10-2-1-3-11-14(10)17-15(21)18(11)7-9-4-5-12-13(6-9)20-8-19-12/h1-6H,7-8H2,(H,17,21). The van der Waals surface area contributed by atoms with Gasteiger partial charge in [0.05, 0.1) is 12.1 Å². The van der Waals surface area contributed by atoms with Crippen LogP contribution in [0, 0.1) is 10.6 Å². The van der Waals surface area contributed by atoms with Crippen molar-refractivity contribution < 1.29 is 13.9 Å². The molecule has 4 nitrogen and oxygen atoms in total. The molecule has 0 saturated heterocycles. The molecule has 1 aliphatic heterocycles. The number of para-hydroxylation sites is 1. The predicted octanol–water partition coefficient (Wildman–Crippen LogP) is 3.61. The molecule has 1 N–H and O–H groups in total. The van der Waals surface area contributed by atoms with Gasteiger partial charge in [-0.25, -0.2) is 4.39 Å². The molecule has 2 aromatic carbocycles. The lowest BCUT2D eigenvalue weighted by Crippen LogP contribution is -1.99. The van der Waals surface area contributed by atoms with E-state index in [-0.39, 0.29) is 12.6 Å². The van der Waals surface area contributed by atoms with Gasteiger partial charge in [0.2, 0.25) is 6.79 Å². The van der Waals surface area contributed by atoms with Gasteiger partial charge in [-0.05, 0) is 42.0 Å². The highest BCUT2D eigenvalue weighted by atomic mass is 32.1. The van der Waals surface area contributed by atoms with E-state index >= 15 is 0 Å². The second-order valence-corrected chi connectivity index (χ2v) is 5.22. The van der Waals surface area contributed by atoms with Crippen molar-refractivity contribution >= 4 is 23.3 Å².